The Hall–Kier alpha value is -2.35. The zero-order valence-corrected chi connectivity index (χ0v) is 13.6. The van der Waals surface area contributed by atoms with Gasteiger partial charge in [0.2, 0.25) is 0 Å². The number of β-amino-alcohol motifs (C(OH)–C–C–N with tert-alkyl or cyclic N) is 1. The van der Waals surface area contributed by atoms with Gasteiger partial charge in [0.15, 0.2) is 0 Å². The van der Waals surface area contributed by atoms with Gasteiger partial charge in [-0.15, -0.1) is 0 Å². The average Bonchev–Trinajstić information content (AvgIpc) is 3.20. The number of carbonyl (C=O) groups excluding carboxylic acids is 1. The van der Waals surface area contributed by atoms with Crippen molar-refractivity contribution in [2.24, 2.45) is 0 Å². The number of benzene rings is 1. The fraction of sp³-hybridized carbons (Fsp3) is 0.412. The van der Waals surface area contributed by atoms with Gasteiger partial charge in [-0.25, -0.2) is 0 Å². The van der Waals surface area contributed by atoms with E-state index in [1.165, 1.54) is 17.2 Å². The first-order chi connectivity index (χ1) is 11.8. The molecular formula is C17H18F3N3O2. The lowest BCUT2D eigenvalue weighted by Crippen LogP contribution is -2.31. The molecule has 2 aromatic rings. The van der Waals surface area contributed by atoms with Gasteiger partial charge in [-0.2, -0.15) is 18.3 Å². The number of aryl methyl sites for hydroxylation is 1. The van der Waals surface area contributed by atoms with Crippen LogP contribution in [-0.4, -0.2) is 38.3 Å². The van der Waals surface area contributed by atoms with Crippen LogP contribution in [0.3, 0.4) is 0 Å². The third kappa shape index (κ3) is 3.53. The maximum absolute atomic E-state index is 13.0. The third-order valence-corrected chi connectivity index (χ3v) is 4.34. The summed E-state index contributed by atoms with van der Waals surface area (Å²) >= 11 is 0. The molecule has 25 heavy (non-hydrogen) atoms. The molecule has 0 aliphatic carbocycles. The molecule has 134 valence electrons. The first kappa shape index (κ1) is 17.5. The van der Waals surface area contributed by atoms with Crippen LogP contribution in [0.4, 0.5) is 13.2 Å². The second-order valence-corrected chi connectivity index (χ2v) is 6.07. The van der Waals surface area contributed by atoms with Crippen molar-refractivity contribution in [1.29, 1.82) is 0 Å². The molecule has 1 aliphatic rings. The van der Waals surface area contributed by atoms with E-state index in [1.807, 2.05) is 6.92 Å². The second-order valence-electron chi connectivity index (χ2n) is 6.07. The van der Waals surface area contributed by atoms with E-state index in [-0.39, 0.29) is 18.9 Å². The Kier molecular flexibility index (Phi) is 4.55. The zero-order valence-electron chi connectivity index (χ0n) is 13.6. The third-order valence-electron chi connectivity index (χ3n) is 4.34. The van der Waals surface area contributed by atoms with Crippen LogP contribution in [0, 0.1) is 0 Å². The van der Waals surface area contributed by atoms with Gasteiger partial charge in [0.1, 0.15) is 0 Å². The molecule has 1 saturated heterocycles. The van der Waals surface area contributed by atoms with Crippen LogP contribution < -0.4 is 0 Å². The van der Waals surface area contributed by atoms with Gasteiger partial charge in [-0.1, -0.05) is 12.1 Å². The van der Waals surface area contributed by atoms with E-state index in [0.29, 0.717) is 17.7 Å². The van der Waals surface area contributed by atoms with Crippen LogP contribution in [0.2, 0.25) is 0 Å². The van der Waals surface area contributed by atoms with E-state index in [1.54, 1.807) is 16.9 Å². The molecular weight excluding hydrogens is 335 g/mol. The molecule has 1 amide bonds. The molecule has 2 atom stereocenters. The summed E-state index contributed by atoms with van der Waals surface area (Å²) in [6.45, 7) is 2.57. The van der Waals surface area contributed by atoms with Gasteiger partial charge in [-0.3, -0.25) is 9.48 Å². The highest BCUT2D eigenvalue weighted by Gasteiger charge is 2.37. The molecule has 1 aromatic heterocycles. The number of amides is 1. The molecule has 0 unspecified atom stereocenters. The molecule has 0 bridgehead atoms. The quantitative estimate of drug-likeness (QED) is 0.923. The Labute approximate surface area is 142 Å². The van der Waals surface area contributed by atoms with Gasteiger partial charge in [0.05, 0.1) is 29.5 Å². The summed E-state index contributed by atoms with van der Waals surface area (Å²) in [6, 6.07) is 4.30. The predicted octanol–water partition coefficient (Wildman–Crippen LogP) is 2.87. The van der Waals surface area contributed by atoms with Gasteiger partial charge < -0.3 is 10.0 Å². The van der Waals surface area contributed by atoms with Crippen molar-refractivity contribution < 1.29 is 23.1 Å². The van der Waals surface area contributed by atoms with Crippen molar-refractivity contribution in [2.45, 2.75) is 38.2 Å². The number of carbonyl (C=O) groups is 1. The number of aromatic nitrogens is 2. The predicted molar refractivity (Wildman–Crippen MR) is 83.7 cm³/mol. The lowest BCUT2D eigenvalue weighted by molar-refractivity contribution is -0.137. The number of hydrogen-bond acceptors (Lipinski definition) is 3. The fourth-order valence-electron chi connectivity index (χ4n) is 3.09. The first-order valence-electron chi connectivity index (χ1n) is 7.98. The van der Waals surface area contributed by atoms with E-state index in [2.05, 4.69) is 5.10 Å². The maximum atomic E-state index is 13.0. The minimum atomic E-state index is -4.45. The van der Waals surface area contributed by atoms with E-state index in [0.717, 1.165) is 12.1 Å². The molecule has 3 rings (SSSR count). The average molecular weight is 353 g/mol. The number of aliphatic hydroxyl groups is 1. The van der Waals surface area contributed by atoms with E-state index >= 15 is 0 Å². The number of hydrogen-bond donors (Lipinski definition) is 1. The normalized spacial score (nSPS) is 20.9. The smallest absolute Gasteiger partial charge is 0.391 e. The minimum absolute atomic E-state index is 0.0804. The van der Waals surface area contributed by atoms with Crippen LogP contribution in [0.25, 0.3) is 0 Å². The first-order valence-corrected chi connectivity index (χ1v) is 7.98. The largest absolute Gasteiger partial charge is 0.416 e. The van der Waals surface area contributed by atoms with Gasteiger partial charge >= 0.3 is 6.18 Å². The van der Waals surface area contributed by atoms with Crippen molar-refractivity contribution in [3.05, 3.63) is 53.3 Å². The summed E-state index contributed by atoms with van der Waals surface area (Å²) in [7, 11) is 0. The summed E-state index contributed by atoms with van der Waals surface area (Å²) < 4.78 is 40.5. The number of likely N-dealkylation sites (tertiary alicyclic amines) is 1. The lowest BCUT2D eigenvalue weighted by atomic mass is 10.0. The Morgan fingerprint density at radius 1 is 1.40 bits per heavy atom. The molecule has 5 nitrogen and oxygen atoms in total. The minimum Gasteiger partial charge on any atom is -0.391 e. The van der Waals surface area contributed by atoms with Crippen LogP contribution in [0.1, 0.15) is 40.9 Å². The number of nitrogens with zero attached hydrogens (tertiary/aromatic N) is 3. The van der Waals surface area contributed by atoms with Crippen molar-refractivity contribution in [2.75, 3.05) is 6.54 Å². The highest BCUT2D eigenvalue weighted by molar-refractivity contribution is 5.94. The van der Waals surface area contributed by atoms with Gasteiger partial charge in [0.25, 0.3) is 5.91 Å². The molecule has 0 radical (unpaired) electrons. The summed E-state index contributed by atoms with van der Waals surface area (Å²) in [5.74, 6) is -0.348. The van der Waals surface area contributed by atoms with Gasteiger partial charge in [0, 0.05) is 19.3 Å². The summed E-state index contributed by atoms with van der Waals surface area (Å²) in [6.07, 6.45) is -2.00. The Morgan fingerprint density at radius 3 is 2.80 bits per heavy atom. The van der Waals surface area contributed by atoms with Crippen molar-refractivity contribution >= 4 is 5.91 Å². The van der Waals surface area contributed by atoms with Crippen LogP contribution in [-0.2, 0) is 12.7 Å². The SMILES string of the molecule is CCn1cc(C(=O)N2C[C@@H](O)C[C@H]2c2cccc(C(F)(F)F)c2)cn1. The van der Waals surface area contributed by atoms with E-state index in [9.17, 15) is 23.1 Å². The van der Waals surface area contributed by atoms with Crippen molar-refractivity contribution in [3.8, 4) is 0 Å². The fourth-order valence-corrected chi connectivity index (χ4v) is 3.09. The van der Waals surface area contributed by atoms with Crippen molar-refractivity contribution in [1.82, 2.24) is 14.7 Å². The highest BCUT2D eigenvalue weighted by atomic mass is 19.4. The number of halogens is 3. The number of rotatable bonds is 3. The second kappa shape index (κ2) is 6.51. The summed E-state index contributed by atoms with van der Waals surface area (Å²) in [4.78, 5) is 14.1. The highest BCUT2D eigenvalue weighted by Crippen LogP contribution is 2.36. The van der Waals surface area contributed by atoms with E-state index < -0.39 is 23.9 Å². The lowest BCUT2D eigenvalue weighted by Gasteiger charge is -2.25. The topological polar surface area (TPSA) is 58.4 Å². The van der Waals surface area contributed by atoms with Crippen LogP contribution >= 0.6 is 0 Å². The number of alkyl halides is 3. The monoisotopic (exact) mass is 353 g/mol. The van der Waals surface area contributed by atoms with Crippen molar-refractivity contribution in [3.63, 3.8) is 0 Å². The Balaban J connectivity index is 1.90. The van der Waals surface area contributed by atoms with Crippen LogP contribution in [0.5, 0.6) is 0 Å². The Morgan fingerprint density at radius 2 is 2.16 bits per heavy atom. The molecule has 0 spiro atoms. The molecule has 0 saturated carbocycles. The molecule has 1 N–H and O–H groups in total. The van der Waals surface area contributed by atoms with Gasteiger partial charge in [-0.05, 0) is 31.0 Å². The Bertz CT molecular complexity index is 772. The number of aliphatic hydroxyl groups excluding tert-OH is 1. The standard InChI is InChI=1S/C17H18F3N3O2/c1-2-22-9-12(8-21-22)16(25)23-10-14(24)7-15(23)11-4-3-5-13(6-11)17(18,19)20/h3-6,8-9,14-15,24H,2,7,10H2,1H3/t14-,15-/m0/s1. The molecule has 1 fully saturated rings. The summed E-state index contributed by atoms with van der Waals surface area (Å²) in [5.41, 5.74) is -0.0480. The molecule has 2 heterocycles. The summed E-state index contributed by atoms with van der Waals surface area (Å²) in [5, 5.41) is 14.0. The molecule has 1 aliphatic heterocycles. The molecule has 8 heteroatoms. The zero-order chi connectivity index (χ0) is 18.2. The molecule has 1 aromatic carbocycles. The van der Waals surface area contributed by atoms with Crippen LogP contribution in [0.15, 0.2) is 36.7 Å². The van der Waals surface area contributed by atoms with E-state index in [4.69, 9.17) is 0 Å². The maximum Gasteiger partial charge on any atom is 0.416 e.